The summed E-state index contributed by atoms with van der Waals surface area (Å²) < 4.78 is 24.1. The van der Waals surface area contributed by atoms with Gasteiger partial charge in [0.25, 0.3) is 7.59 Å². The van der Waals surface area contributed by atoms with Crippen LogP contribution in [0.3, 0.4) is 0 Å². The molecule has 0 aliphatic rings. The van der Waals surface area contributed by atoms with Gasteiger partial charge in [0.05, 0.1) is 4.92 Å². The van der Waals surface area contributed by atoms with Gasteiger partial charge in [0.1, 0.15) is 0 Å². The van der Waals surface area contributed by atoms with Crippen molar-refractivity contribution in [2.75, 3.05) is 0 Å². The minimum atomic E-state index is -4.76. The number of rotatable bonds is 3. The van der Waals surface area contributed by atoms with Crippen molar-refractivity contribution in [1.29, 1.82) is 0 Å². The summed E-state index contributed by atoms with van der Waals surface area (Å²) in [4.78, 5) is 26.5. The van der Waals surface area contributed by atoms with Crippen LogP contribution >= 0.6 is 15.4 Å². The van der Waals surface area contributed by atoms with Gasteiger partial charge in [0.2, 0.25) is 5.75 Å². The lowest BCUT2D eigenvalue weighted by atomic mass is 10.3. The number of hydrogen-bond acceptors (Lipinski definition) is 5. The van der Waals surface area contributed by atoms with Crippen molar-refractivity contribution in [3.63, 3.8) is 0 Å². The number of hydrogen-bond donors (Lipinski definition) is 5. The van der Waals surface area contributed by atoms with E-state index >= 15 is 0 Å². The number of nitro benzene ring substituents is 1. The fraction of sp³-hybridized carbons (Fsp3) is 0. The van der Waals surface area contributed by atoms with Crippen LogP contribution in [0.5, 0.6) is 5.75 Å². The summed E-state index contributed by atoms with van der Waals surface area (Å²) in [7, 11) is -7.90. The molecule has 19 heavy (non-hydrogen) atoms. The maximum absolute atomic E-state index is 10.4. The molecule has 0 spiro atoms. The van der Waals surface area contributed by atoms with Crippen LogP contribution in [-0.2, 0) is 9.13 Å². The fourth-order valence-electron chi connectivity index (χ4n) is 0.813. The first kappa shape index (κ1) is 17.7. The van der Waals surface area contributed by atoms with Gasteiger partial charge in [-0.3, -0.25) is 41.0 Å². The van der Waals surface area contributed by atoms with E-state index in [0.717, 1.165) is 12.1 Å². The van der Waals surface area contributed by atoms with E-state index in [4.69, 9.17) is 9.79 Å². The third kappa shape index (κ3) is 10.3. The molecule has 0 saturated carbocycles. The summed E-state index contributed by atoms with van der Waals surface area (Å²) in [5.74, 6) is -0.453. The van der Waals surface area contributed by atoms with Gasteiger partial charge in [-0.25, -0.2) is 4.57 Å². The van der Waals surface area contributed by atoms with Crippen molar-refractivity contribution < 1.29 is 28.4 Å². The van der Waals surface area contributed by atoms with Gasteiger partial charge in [-0.1, -0.05) is 12.1 Å². The molecule has 1 aromatic carbocycles. The summed E-state index contributed by atoms with van der Waals surface area (Å²) in [5.41, 5.74) is 12.9. The van der Waals surface area contributed by atoms with Gasteiger partial charge >= 0.3 is 13.5 Å². The topological polar surface area (TPSA) is 205 Å². The van der Waals surface area contributed by atoms with Crippen LogP contribution < -0.4 is 21.0 Å². The molecule has 1 aromatic rings. The highest BCUT2D eigenvalue weighted by molar-refractivity contribution is 7.56. The van der Waals surface area contributed by atoms with Crippen molar-refractivity contribution in [3.05, 3.63) is 34.4 Å². The van der Waals surface area contributed by atoms with Gasteiger partial charge in [0, 0.05) is 6.07 Å². The fourth-order valence-corrected chi connectivity index (χ4v) is 1.22. The molecule has 0 heterocycles. The SMILES string of the molecule is NP(N)(N)=O.O=[N+]([O-])c1ccccc1OP(=O)(O)O. The summed E-state index contributed by atoms with van der Waals surface area (Å²) in [5, 5.41) is 10.4. The number of nitrogens with two attached hydrogens (primary N) is 3. The number of nitrogens with zero attached hydrogens (tertiary/aromatic N) is 1. The van der Waals surface area contributed by atoms with Crippen LogP contribution in [0, 0.1) is 10.1 Å². The monoisotopic (exact) mass is 314 g/mol. The average Bonchev–Trinajstić information content (AvgIpc) is 2.12. The maximum Gasteiger partial charge on any atom is 0.525 e. The zero-order chi connectivity index (χ0) is 15.3. The highest BCUT2D eigenvalue weighted by Crippen LogP contribution is 2.41. The zero-order valence-electron chi connectivity index (χ0n) is 9.32. The second kappa shape index (κ2) is 6.73. The molecule has 0 fully saturated rings. The molecule has 0 radical (unpaired) electrons. The van der Waals surface area contributed by atoms with E-state index in [9.17, 15) is 19.2 Å². The number of para-hydroxylation sites is 2. The normalized spacial score (nSPS) is 11.2. The quantitative estimate of drug-likeness (QED) is 0.287. The summed E-state index contributed by atoms with van der Waals surface area (Å²) in [6.45, 7) is 0. The van der Waals surface area contributed by atoms with Crippen LogP contribution in [0.1, 0.15) is 0 Å². The van der Waals surface area contributed by atoms with Crippen LogP contribution in [0.15, 0.2) is 24.3 Å². The molecule has 0 saturated heterocycles. The Kier molecular flexibility index (Phi) is 6.27. The Hall–Kier alpha value is -1.32. The van der Waals surface area contributed by atoms with Crippen LogP contribution in [0.4, 0.5) is 5.69 Å². The number of phosphoric ester groups is 1. The van der Waals surface area contributed by atoms with Crippen LogP contribution in [0.25, 0.3) is 0 Å². The van der Waals surface area contributed by atoms with E-state index in [0.29, 0.717) is 0 Å². The Morgan fingerprint density at radius 3 is 1.95 bits per heavy atom. The van der Waals surface area contributed by atoms with Gasteiger partial charge in [-0.05, 0) is 6.07 Å². The third-order valence-corrected chi connectivity index (χ3v) is 1.71. The maximum atomic E-state index is 10.4. The van der Waals surface area contributed by atoms with E-state index < -0.39 is 31.8 Å². The summed E-state index contributed by atoms with van der Waals surface area (Å²) >= 11 is 0. The van der Waals surface area contributed by atoms with E-state index in [2.05, 4.69) is 21.0 Å². The van der Waals surface area contributed by atoms with Gasteiger partial charge in [-0.15, -0.1) is 0 Å². The molecule has 0 aliphatic carbocycles. The molecule has 108 valence electrons. The molecule has 8 N–H and O–H groups in total. The molecule has 1 rings (SSSR count). The van der Waals surface area contributed by atoms with Crippen molar-refractivity contribution >= 4 is 21.1 Å². The molecule has 11 nitrogen and oxygen atoms in total. The Morgan fingerprint density at radius 2 is 1.58 bits per heavy atom. The van der Waals surface area contributed by atoms with Crippen molar-refractivity contribution in [2.45, 2.75) is 0 Å². The van der Waals surface area contributed by atoms with Gasteiger partial charge in [-0.2, -0.15) is 0 Å². The summed E-state index contributed by atoms with van der Waals surface area (Å²) in [6, 6.07) is 4.94. The lowest BCUT2D eigenvalue weighted by Crippen LogP contribution is -2.12. The number of benzene rings is 1. The minimum absolute atomic E-state index is 0.453. The largest absolute Gasteiger partial charge is 0.525 e. The Labute approximate surface area is 107 Å². The van der Waals surface area contributed by atoms with E-state index in [1.165, 1.54) is 12.1 Å². The van der Waals surface area contributed by atoms with Crippen LogP contribution in [0.2, 0.25) is 0 Å². The Morgan fingerprint density at radius 1 is 1.16 bits per heavy atom. The second-order valence-electron chi connectivity index (χ2n) is 3.07. The molecule has 0 unspecified atom stereocenters. The standard InChI is InChI=1S/C6H6NO6P.H6N3OP/c8-7(9)5-3-1-2-4-6(5)13-14(10,11)12;1-5(2,3)4/h1-4H,(H2,10,11,12);(H6,1,2,3,4). The lowest BCUT2D eigenvalue weighted by Gasteiger charge is -2.05. The molecule has 13 heteroatoms. The predicted molar refractivity (Wildman–Crippen MR) is 65.9 cm³/mol. The Bertz CT molecular complexity index is 530. The van der Waals surface area contributed by atoms with Gasteiger partial charge in [0.15, 0.2) is 0 Å². The first-order chi connectivity index (χ1) is 8.40. The van der Waals surface area contributed by atoms with Crippen LogP contribution in [-0.4, -0.2) is 14.7 Å². The van der Waals surface area contributed by atoms with Crippen molar-refractivity contribution in [1.82, 2.24) is 0 Å². The zero-order valence-corrected chi connectivity index (χ0v) is 11.1. The first-order valence-corrected chi connectivity index (χ1v) is 7.79. The minimum Gasteiger partial charge on any atom is -0.397 e. The third-order valence-electron chi connectivity index (χ3n) is 1.28. The highest BCUT2D eigenvalue weighted by atomic mass is 31.2. The predicted octanol–water partition coefficient (Wildman–Crippen LogP) is 0.0369. The second-order valence-corrected chi connectivity index (χ2v) is 5.76. The highest BCUT2D eigenvalue weighted by Gasteiger charge is 2.22. The van der Waals surface area contributed by atoms with Crippen molar-refractivity contribution in [2.24, 2.45) is 16.5 Å². The van der Waals surface area contributed by atoms with Crippen molar-refractivity contribution in [3.8, 4) is 5.75 Å². The number of phosphoric acid groups is 1. The molecule has 0 amide bonds. The van der Waals surface area contributed by atoms with Gasteiger partial charge < -0.3 is 4.52 Å². The average molecular weight is 314 g/mol. The Balaban J connectivity index is 0.000000555. The van der Waals surface area contributed by atoms with E-state index in [1.54, 1.807) is 0 Å². The van der Waals surface area contributed by atoms with E-state index in [1.807, 2.05) is 0 Å². The lowest BCUT2D eigenvalue weighted by molar-refractivity contribution is -0.385. The first-order valence-electron chi connectivity index (χ1n) is 4.34. The summed E-state index contributed by atoms with van der Waals surface area (Å²) in [6.07, 6.45) is 0. The molecule has 0 atom stereocenters. The number of nitro groups is 1. The molecule has 0 aromatic heterocycles. The molecular weight excluding hydrogens is 302 g/mol. The van der Waals surface area contributed by atoms with E-state index in [-0.39, 0.29) is 0 Å². The smallest absolute Gasteiger partial charge is 0.397 e. The molecule has 0 aliphatic heterocycles. The molecular formula is C6H12N4O7P2. The molecule has 0 bridgehead atoms.